The normalized spacial score (nSPS) is 17.2. The number of para-hydroxylation sites is 1. The molecule has 7 heteroatoms. The van der Waals surface area contributed by atoms with Gasteiger partial charge in [0.1, 0.15) is 0 Å². The standard InChI is InChI=1S/C17H19ClN4O2/c1-21-7-6-12(10-21)9-19-17(24)20-13-8-16(23)22(11-13)15-5-3-2-4-14(15)18/h2-7,10,13H,8-9,11H2,1H3,(H2,19,20,24). The number of urea groups is 1. The van der Waals surface area contributed by atoms with Crippen molar-refractivity contribution in [3.05, 3.63) is 53.3 Å². The summed E-state index contributed by atoms with van der Waals surface area (Å²) >= 11 is 6.15. The third-order valence-corrected chi connectivity index (χ3v) is 4.27. The summed E-state index contributed by atoms with van der Waals surface area (Å²) in [5.74, 6) is -0.0449. The van der Waals surface area contributed by atoms with Gasteiger partial charge in [-0.25, -0.2) is 4.79 Å². The molecule has 1 saturated heterocycles. The van der Waals surface area contributed by atoms with Crippen molar-refractivity contribution >= 4 is 29.2 Å². The molecule has 0 bridgehead atoms. The minimum absolute atomic E-state index is 0.0449. The largest absolute Gasteiger partial charge is 0.357 e. The molecule has 2 heterocycles. The quantitative estimate of drug-likeness (QED) is 0.892. The summed E-state index contributed by atoms with van der Waals surface area (Å²) in [5, 5.41) is 6.17. The highest BCUT2D eigenvalue weighted by molar-refractivity contribution is 6.33. The van der Waals surface area contributed by atoms with E-state index in [9.17, 15) is 9.59 Å². The van der Waals surface area contributed by atoms with Crippen LogP contribution in [0.2, 0.25) is 5.02 Å². The molecule has 0 radical (unpaired) electrons. The van der Waals surface area contributed by atoms with Gasteiger partial charge in [-0.3, -0.25) is 4.79 Å². The Morgan fingerprint density at radius 2 is 2.12 bits per heavy atom. The van der Waals surface area contributed by atoms with Gasteiger partial charge < -0.3 is 20.1 Å². The molecule has 6 nitrogen and oxygen atoms in total. The van der Waals surface area contributed by atoms with Gasteiger partial charge in [0.2, 0.25) is 5.91 Å². The van der Waals surface area contributed by atoms with E-state index >= 15 is 0 Å². The molecule has 3 amide bonds. The zero-order valence-corrected chi connectivity index (χ0v) is 14.1. The highest BCUT2D eigenvalue weighted by atomic mass is 35.5. The molecule has 0 spiro atoms. The van der Waals surface area contributed by atoms with Gasteiger partial charge in [0.15, 0.2) is 0 Å². The molecule has 24 heavy (non-hydrogen) atoms. The monoisotopic (exact) mass is 346 g/mol. The third kappa shape index (κ3) is 3.71. The molecule has 2 aromatic rings. The molecular weight excluding hydrogens is 328 g/mol. The molecule has 1 fully saturated rings. The molecule has 0 aliphatic carbocycles. The minimum atomic E-state index is -0.280. The number of hydrogen-bond donors (Lipinski definition) is 2. The highest BCUT2D eigenvalue weighted by Gasteiger charge is 2.32. The Bertz CT molecular complexity index is 759. The van der Waals surface area contributed by atoms with E-state index in [1.165, 1.54) is 0 Å². The van der Waals surface area contributed by atoms with Crippen LogP contribution < -0.4 is 15.5 Å². The summed E-state index contributed by atoms with van der Waals surface area (Å²) in [4.78, 5) is 25.8. The Morgan fingerprint density at radius 3 is 2.83 bits per heavy atom. The summed E-state index contributed by atoms with van der Waals surface area (Å²) in [7, 11) is 1.93. The Hall–Kier alpha value is -2.47. The van der Waals surface area contributed by atoms with Gasteiger partial charge in [-0.15, -0.1) is 0 Å². The SMILES string of the molecule is Cn1ccc(CNC(=O)NC2CC(=O)N(c3ccccc3Cl)C2)c1. The predicted octanol–water partition coefficient (Wildman–Crippen LogP) is 2.28. The molecule has 0 saturated carbocycles. The average Bonchev–Trinajstić information content (AvgIpc) is 3.11. The average molecular weight is 347 g/mol. The van der Waals surface area contributed by atoms with Gasteiger partial charge >= 0.3 is 6.03 Å². The maximum Gasteiger partial charge on any atom is 0.315 e. The predicted molar refractivity (Wildman–Crippen MR) is 93.0 cm³/mol. The number of halogens is 1. The van der Waals surface area contributed by atoms with Gasteiger partial charge in [0.25, 0.3) is 0 Å². The second-order valence-electron chi connectivity index (χ2n) is 5.87. The Morgan fingerprint density at radius 1 is 1.33 bits per heavy atom. The molecule has 1 atom stereocenters. The van der Waals surface area contributed by atoms with Crippen LogP contribution in [0.3, 0.4) is 0 Å². The van der Waals surface area contributed by atoms with Crippen LogP contribution >= 0.6 is 11.6 Å². The number of aromatic nitrogens is 1. The number of anilines is 1. The summed E-state index contributed by atoms with van der Waals surface area (Å²) in [6.45, 7) is 0.864. The fourth-order valence-electron chi connectivity index (χ4n) is 2.79. The fourth-order valence-corrected chi connectivity index (χ4v) is 3.03. The summed E-state index contributed by atoms with van der Waals surface area (Å²) in [6, 6.07) is 8.64. The van der Waals surface area contributed by atoms with Crippen LogP contribution in [0.25, 0.3) is 0 Å². The van der Waals surface area contributed by atoms with E-state index in [2.05, 4.69) is 10.6 Å². The van der Waals surface area contributed by atoms with E-state index in [0.717, 1.165) is 5.56 Å². The number of benzene rings is 1. The molecule has 1 aromatic carbocycles. The van der Waals surface area contributed by atoms with Crippen LogP contribution in [0.1, 0.15) is 12.0 Å². The number of nitrogens with zero attached hydrogens (tertiary/aromatic N) is 2. The number of hydrogen-bond acceptors (Lipinski definition) is 2. The van der Waals surface area contributed by atoms with Crippen molar-refractivity contribution in [2.45, 2.75) is 19.0 Å². The smallest absolute Gasteiger partial charge is 0.315 e. The van der Waals surface area contributed by atoms with Crippen molar-refractivity contribution in [1.82, 2.24) is 15.2 Å². The first-order valence-corrected chi connectivity index (χ1v) is 8.11. The maximum atomic E-state index is 12.2. The van der Waals surface area contributed by atoms with Crippen LogP contribution in [0.15, 0.2) is 42.7 Å². The number of nitrogens with one attached hydrogen (secondary N) is 2. The second-order valence-corrected chi connectivity index (χ2v) is 6.28. The van der Waals surface area contributed by atoms with E-state index in [0.29, 0.717) is 23.8 Å². The molecule has 1 aromatic heterocycles. The number of amides is 3. The highest BCUT2D eigenvalue weighted by Crippen LogP contribution is 2.28. The van der Waals surface area contributed by atoms with Crippen molar-refractivity contribution in [2.24, 2.45) is 7.05 Å². The Balaban J connectivity index is 1.54. The van der Waals surface area contributed by atoms with Crippen LogP contribution in [0, 0.1) is 0 Å². The molecular formula is C17H19ClN4O2. The van der Waals surface area contributed by atoms with Crippen molar-refractivity contribution in [2.75, 3.05) is 11.4 Å². The van der Waals surface area contributed by atoms with Crippen LogP contribution in [0.4, 0.5) is 10.5 Å². The van der Waals surface area contributed by atoms with Crippen molar-refractivity contribution < 1.29 is 9.59 Å². The summed E-state index contributed by atoms with van der Waals surface area (Å²) in [6.07, 6.45) is 4.13. The minimum Gasteiger partial charge on any atom is -0.357 e. The number of rotatable bonds is 4. The first kappa shape index (κ1) is 16.4. The van der Waals surface area contributed by atoms with E-state index in [1.807, 2.05) is 42.2 Å². The zero-order chi connectivity index (χ0) is 17.1. The lowest BCUT2D eigenvalue weighted by atomic mass is 10.2. The molecule has 2 N–H and O–H groups in total. The van der Waals surface area contributed by atoms with E-state index < -0.39 is 0 Å². The lowest BCUT2D eigenvalue weighted by molar-refractivity contribution is -0.117. The topological polar surface area (TPSA) is 66.4 Å². The zero-order valence-electron chi connectivity index (χ0n) is 13.3. The molecule has 3 rings (SSSR count). The van der Waals surface area contributed by atoms with E-state index in [4.69, 9.17) is 11.6 Å². The second kappa shape index (κ2) is 6.97. The van der Waals surface area contributed by atoms with Crippen molar-refractivity contribution in [1.29, 1.82) is 0 Å². The van der Waals surface area contributed by atoms with E-state index in [-0.39, 0.29) is 24.4 Å². The Kier molecular flexibility index (Phi) is 4.76. The first-order valence-electron chi connectivity index (χ1n) is 7.73. The third-order valence-electron chi connectivity index (χ3n) is 3.95. The number of carbonyl (C=O) groups is 2. The van der Waals surface area contributed by atoms with Gasteiger partial charge in [-0.2, -0.15) is 0 Å². The number of aryl methyl sites for hydroxylation is 1. The lowest BCUT2D eigenvalue weighted by Crippen LogP contribution is -2.43. The summed E-state index contributed by atoms with van der Waals surface area (Å²) < 4.78 is 1.92. The van der Waals surface area contributed by atoms with Crippen molar-refractivity contribution in [3.8, 4) is 0 Å². The molecule has 1 unspecified atom stereocenters. The van der Waals surface area contributed by atoms with Gasteiger partial charge in [0.05, 0.1) is 16.8 Å². The number of carbonyl (C=O) groups excluding carboxylic acids is 2. The lowest BCUT2D eigenvalue weighted by Gasteiger charge is -2.18. The van der Waals surface area contributed by atoms with Crippen LogP contribution in [-0.2, 0) is 18.4 Å². The molecule has 126 valence electrons. The fraction of sp³-hybridized carbons (Fsp3) is 0.294. The molecule has 1 aliphatic heterocycles. The van der Waals surface area contributed by atoms with E-state index in [1.54, 1.807) is 17.0 Å². The molecule has 1 aliphatic rings. The maximum absolute atomic E-state index is 12.2. The Labute approximate surface area is 145 Å². The first-order chi connectivity index (χ1) is 11.5. The van der Waals surface area contributed by atoms with Gasteiger partial charge in [-0.1, -0.05) is 23.7 Å². The van der Waals surface area contributed by atoms with Crippen LogP contribution in [0.5, 0.6) is 0 Å². The van der Waals surface area contributed by atoms with Crippen LogP contribution in [-0.4, -0.2) is 29.1 Å². The van der Waals surface area contributed by atoms with Crippen molar-refractivity contribution in [3.63, 3.8) is 0 Å². The van der Waals surface area contributed by atoms with Gasteiger partial charge in [-0.05, 0) is 23.8 Å². The summed E-state index contributed by atoms with van der Waals surface area (Å²) in [5.41, 5.74) is 1.70. The van der Waals surface area contributed by atoms with Gasteiger partial charge in [0, 0.05) is 39.0 Å².